The number of hydrogen-bond acceptors (Lipinski definition) is 8. The Hall–Kier alpha value is -3.06. The molecule has 4 rings (SSSR count). The Morgan fingerprint density at radius 1 is 1.16 bits per heavy atom. The van der Waals surface area contributed by atoms with Gasteiger partial charge in [0.05, 0.1) is 28.3 Å². The molecule has 1 N–H and O–H groups in total. The summed E-state index contributed by atoms with van der Waals surface area (Å²) in [5.41, 5.74) is 0.307. The van der Waals surface area contributed by atoms with Gasteiger partial charge in [-0.15, -0.1) is 0 Å². The highest BCUT2D eigenvalue weighted by molar-refractivity contribution is 6.50. The van der Waals surface area contributed by atoms with Crippen molar-refractivity contribution in [1.82, 2.24) is 0 Å². The molecular formula is C20H14Cl2N4O5. The molecule has 0 aromatic heterocycles. The topological polar surface area (TPSA) is 132 Å². The fraction of sp³-hybridized carbons (Fsp3) is 0.300. The molecular weight excluding hydrogens is 447 g/mol. The summed E-state index contributed by atoms with van der Waals surface area (Å²) >= 11 is 12.6. The van der Waals surface area contributed by atoms with Crippen LogP contribution in [0, 0.1) is 17.2 Å². The molecule has 11 heteroatoms. The third kappa shape index (κ3) is 4.10. The summed E-state index contributed by atoms with van der Waals surface area (Å²) in [5.74, 6) is -1.24. The van der Waals surface area contributed by atoms with Crippen LogP contribution in [0.4, 0.5) is 5.69 Å². The summed E-state index contributed by atoms with van der Waals surface area (Å²) in [6.45, 7) is -0.0803. The van der Waals surface area contributed by atoms with Crippen molar-refractivity contribution in [3.05, 3.63) is 33.8 Å². The zero-order chi connectivity index (χ0) is 22.3. The molecule has 0 spiro atoms. The first-order valence-electron chi connectivity index (χ1n) is 9.26. The number of anilines is 1. The summed E-state index contributed by atoms with van der Waals surface area (Å²) < 4.78 is 5.72. The van der Waals surface area contributed by atoms with Crippen LogP contribution in [-0.2, 0) is 14.4 Å². The lowest BCUT2D eigenvalue weighted by molar-refractivity contribution is -0.124. The Bertz CT molecular complexity index is 1120. The van der Waals surface area contributed by atoms with E-state index in [0.717, 1.165) is 5.01 Å². The molecule has 1 aromatic rings. The van der Waals surface area contributed by atoms with Gasteiger partial charge in [0.25, 0.3) is 5.91 Å². The van der Waals surface area contributed by atoms with Gasteiger partial charge in [-0.25, -0.2) is 4.99 Å². The number of carbonyl (C=O) groups is 3. The highest BCUT2D eigenvalue weighted by atomic mass is 35.5. The quantitative estimate of drug-likeness (QED) is 0.687. The average molecular weight is 461 g/mol. The van der Waals surface area contributed by atoms with Gasteiger partial charge in [-0.3, -0.25) is 14.4 Å². The van der Waals surface area contributed by atoms with Gasteiger partial charge in [0.1, 0.15) is 12.6 Å². The maximum Gasteiger partial charge on any atom is 0.255 e. The number of aliphatic imine (C=N–C) groups is 1. The molecule has 0 unspecified atom stereocenters. The second-order valence-electron chi connectivity index (χ2n) is 7.21. The van der Waals surface area contributed by atoms with E-state index in [1.54, 1.807) is 6.07 Å². The maximum absolute atomic E-state index is 12.2. The smallest absolute Gasteiger partial charge is 0.255 e. The van der Waals surface area contributed by atoms with Crippen LogP contribution >= 0.6 is 23.2 Å². The number of ketones is 2. The fourth-order valence-corrected chi connectivity index (χ4v) is 3.97. The number of ether oxygens (including phenoxy) is 1. The Kier molecular flexibility index (Phi) is 5.62. The van der Waals surface area contributed by atoms with Crippen molar-refractivity contribution in [3.8, 4) is 11.8 Å². The first kappa shape index (κ1) is 21.2. The molecule has 1 aromatic carbocycles. The summed E-state index contributed by atoms with van der Waals surface area (Å²) in [6, 6.07) is 4.36. The Labute approximate surface area is 186 Å². The van der Waals surface area contributed by atoms with Gasteiger partial charge < -0.3 is 9.84 Å². The number of nitrogens with zero attached hydrogens (tertiary/aromatic N) is 4. The highest BCUT2D eigenvalue weighted by Crippen LogP contribution is 2.39. The van der Waals surface area contributed by atoms with Crippen molar-refractivity contribution in [3.63, 3.8) is 0 Å². The third-order valence-corrected chi connectivity index (χ3v) is 5.65. The molecule has 1 fully saturated rings. The van der Waals surface area contributed by atoms with Crippen LogP contribution in [0.5, 0.6) is 5.75 Å². The predicted molar refractivity (Wildman–Crippen MR) is 111 cm³/mol. The summed E-state index contributed by atoms with van der Waals surface area (Å²) in [6.07, 6.45) is 1.65. The number of benzene rings is 1. The van der Waals surface area contributed by atoms with Crippen molar-refractivity contribution >= 4 is 58.0 Å². The molecule has 2 heterocycles. The number of dihydropyridines is 1. The molecule has 9 nitrogen and oxygen atoms in total. The molecule has 158 valence electrons. The molecule has 0 radical (unpaired) electrons. The van der Waals surface area contributed by atoms with E-state index in [4.69, 9.17) is 33.2 Å². The maximum atomic E-state index is 12.2. The number of carbonyl (C=O) groups excluding carboxylic acids is 3. The summed E-state index contributed by atoms with van der Waals surface area (Å²) in [7, 11) is 0. The predicted octanol–water partition coefficient (Wildman–Crippen LogP) is 2.24. The normalized spacial score (nSPS) is 23.5. The molecule has 0 saturated heterocycles. The molecule has 1 aliphatic carbocycles. The van der Waals surface area contributed by atoms with Gasteiger partial charge in [-0.1, -0.05) is 23.2 Å². The van der Waals surface area contributed by atoms with E-state index >= 15 is 0 Å². The zero-order valence-electron chi connectivity index (χ0n) is 15.8. The first-order valence-corrected chi connectivity index (χ1v) is 10.0. The number of halogens is 2. The second-order valence-corrected chi connectivity index (χ2v) is 8.02. The molecule has 2 aliphatic heterocycles. The van der Waals surface area contributed by atoms with Gasteiger partial charge in [0.2, 0.25) is 17.4 Å². The van der Waals surface area contributed by atoms with Crippen LogP contribution in [-0.4, -0.2) is 46.8 Å². The van der Waals surface area contributed by atoms with Crippen molar-refractivity contribution in [2.24, 2.45) is 16.0 Å². The highest BCUT2D eigenvalue weighted by Gasteiger charge is 2.35. The van der Waals surface area contributed by atoms with Gasteiger partial charge in [-0.2, -0.15) is 15.4 Å². The van der Waals surface area contributed by atoms with Crippen LogP contribution in [0.3, 0.4) is 0 Å². The van der Waals surface area contributed by atoms with E-state index in [2.05, 4.69) is 10.1 Å². The lowest BCUT2D eigenvalue weighted by Crippen LogP contribution is -2.36. The molecule has 0 bridgehead atoms. The Balaban J connectivity index is 1.59. The molecule has 3 aliphatic rings. The van der Waals surface area contributed by atoms with E-state index in [1.165, 1.54) is 18.2 Å². The van der Waals surface area contributed by atoms with Gasteiger partial charge in [0, 0.05) is 11.6 Å². The number of hydrazone groups is 1. The SMILES string of the molecule is N#CC1=NN(c2cc(Cl)c(OC3=NCC(=O)C(C4CC(O)C4)=C3)c(Cl)c2)C(=O)CC1=O. The lowest BCUT2D eigenvalue weighted by Gasteiger charge is -2.33. The standard InChI is InChI=1S/C20H14Cl2N4O5/c21-13-3-10(26-19(30)6-16(28)15(7-23)25-26)4-14(22)20(13)31-18-5-12(17(29)8-24-18)9-1-11(27)2-9/h3-5,9,11,27H,1-2,6,8H2. The lowest BCUT2D eigenvalue weighted by atomic mass is 9.75. The van der Waals surface area contributed by atoms with E-state index in [-0.39, 0.29) is 45.6 Å². The fourth-order valence-electron chi connectivity index (χ4n) is 3.41. The van der Waals surface area contributed by atoms with E-state index in [0.29, 0.717) is 18.4 Å². The van der Waals surface area contributed by atoms with Crippen molar-refractivity contribution in [2.45, 2.75) is 25.4 Å². The van der Waals surface area contributed by atoms with Crippen molar-refractivity contribution < 1.29 is 24.2 Å². The first-order chi connectivity index (χ1) is 14.8. The largest absolute Gasteiger partial charge is 0.436 e. The Morgan fingerprint density at radius 2 is 1.84 bits per heavy atom. The van der Waals surface area contributed by atoms with Crippen LogP contribution in [0.15, 0.2) is 33.9 Å². The second kappa shape index (κ2) is 8.23. The van der Waals surface area contributed by atoms with E-state index in [9.17, 15) is 19.5 Å². The molecule has 0 atom stereocenters. The number of amides is 1. The molecule has 1 amide bonds. The molecule has 1 saturated carbocycles. The number of Topliss-reactive ketones (excluding diaryl/α,β-unsaturated/α-hetero) is 2. The number of rotatable bonds is 3. The van der Waals surface area contributed by atoms with Gasteiger partial charge in [0.15, 0.2) is 11.5 Å². The summed E-state index contributed by atoms with van der Waals surface area (Å²) in [5, 5.41) is 23.2. The van der Waals surface area contributed by atoms with E-state index < -0.39 is 29.9 Å². The third-order valence-electron chi connectivity index (χ3n) is 5.08. The minimum atomic E-state index is -0.660. The van der Waals surface area contributed by atoms with Gasteiger partial charge in [-0.05, 0) is 30.9 Å². The average Bonchev–Trinajstić information content (AvgIpc) is 2.69. The minimum absolute atomic E-state index is 0.0366. The molecule has 31 heavy (non-hydrogen) atoms. The van der Waals surface area contributed by atoms with Gasteiger partial charge >= 0.3 is 0 Å². The monoisotopic (exact) mass is 460 g/mol. The van der Waals surface area contributed by atoms with Crippen LogP contribution in [0.1, 0.15) is 19.3 Å². The summed E-state index contributed by atoms with van der Waals surface area (Å²) in [4.78, 5) is 40.0. The number of hydrogen-bond donors (Lipinski definition) is 1. The number of nitriles is 1. The zero-order valence-corrected chi connectivity index (χ0v) is 17.4. The van der Waals surface area contributed by atoms with E-state index in [1.807, 2.05) is 0 Å². The van der Waals surface area contributed by atoms with Crippen molar-refractivity contribution in [1.29, 1.82) is 5.26 Å². The minimum Gasteiger partial charge on any atom is -0.436 e. The number of aliphatic hydroxyl groups is 1. The van der Waals surface area contributed by atoms with Crippen LogP contribution < -0.4 is 9.75 Å². The Morgan fingerprint density at radius 3 is 2.45 bits per heavy atom. The van der Waals surface area contributed by atoms with Crippen molar-refractivity contribution in [2.75, 3.05) is 11.6 Å². The van der Waals surface area contributed by atoms with Crippen LogP contribution in [0.25, 0.3) is 0 Å². The number of aliphatic hydroxyl groups excluding tert-OH is 1. The van der Waals surface area contributed by atoms with Crippen LogP contribution in [0.2, 0.25) is 10.0 Å².